The van der Waals surface area contributed by atoms with E-state index in [1.165, 1.54) is 82.4 Å². The van der Waals surface area contributed by atoms with Gasteiger partial charge < -0.3 is 8.83 Å². The lowest BCUT2D eigenvalue weighted by Gasteiger charge is -2.23. The van der Waals surface area contributed by atoms with E-state index in [9.17, 15) is 0 Å². The zero-order valence-corrected chi connectivity index (χ0v) is 32.6. The first-order valence-electron chi connectivity index (χ1n) is 20.5. The second-order valence-electron chi connectivity index (χ2n) is 16.7. The smallest absolute Gasteiger partial charge is 0.147 e. The molecule has 0 spiro atoms. The van der Waals surface area contributed by atoms with E-state index in [0.29, 0.717) is 0 Å². The second-order valence-corrected chi connectivity index (χ2v) is 16.7. The minimum atomic E-state index is -0.172. The second kappa shape index (κ2) is 11.8. The van der Waals surface area contributed by atoms with Gasteiger partial charge in [-0.15, -0.1) is 0 Å². The summed E-state index contributed by atoms with van der Waals surface area (Å²) in [5, 5.41) is 12.0. The van der Waals surface area contributed by atoms with Gasteiger partial charge in [0, 0.05) is 21.6 Å². The molecule has 0 fully saturated rings. The lowest BCUT2D eigenvalue weighted by atomic mass is 9.80. The van der Waals surface area contributed by atoms with Crippen LogP contribution < -0.4 is 0 Å². The highest BCUT2D eigenvalue weighted by atomic mass is 16.3. The van der Waals surface area contributed by atoms with Gasteiger partial charge in [-0.2, -0.15) is 0 Å². The van der Waals surface area contributed by atoms with Crippen molar-refractivity contribution in [2.24, 2.45) is 0 Å². The maximum absolute atomic E-state index is 6.51. The fourth-order valence-electron chi connectivity index (χ4n) is 10.5. The molecule has 2 nitrogen and oxygen atoms in total. The number of hydrogen-bond donors (Lipinski definition) is 0. The van der Waals surface area contributed by atoms with E-state index in [4.69, 9.17) is 8.83 Å². The predicted molar refractivity (Wildman–Crippen MR) is 247 cm³/mol. The summed E-state index contributed by atoms with van der Waals surface area (Å²) in [5.41, 5.74) is 16.0. The molecule has 0 amide bonds. The van der Waals surface area contributed by atoms with E-state index in [0.717, 1.165) is 49.4 Å². The van der Waals surface area contributed by atoms with Gasteiger partial charge >= 0.3 is 0 Å². The van der Waals surface area contributed by atoms with Crippen molar-refractivity contribution in [1.29, 1.82) is 0 Å². The first-order valence-corrected chi connectivity index (χ1v) is 20.5. The van der Waals surface area contributed by atoms with Gasteiger partial charge in [0.2, 0.25) is 0 Å². The Morgan fingerprint density at radius 1 is 0.339 bits per heavy atom. The molecule has 0 N–H and O–H groups in total. The van der Waals surface area contributed by atoms with E-state index in [2.05, 4.69) is 184 Å². The van der Waals surface area contributed by atoms with E-state index < -0.39 is 0 Å². The standard InChI is InChI=1S/C57H36O2/c1-57(2)48-28-24-34(35-22-26-46-52(32-35)58-51-29-27-45-39-15-9-10-21-50(39)59-56(45)55(46)51)30-47(48)38-25-23-36(31-49(38)57)53-41-16-5-7-18-43(41)54(44-19-8-6-17-42(44)53)40-20-11-13-33-12-3-4-14-37(33)40/h3-32H,1-2H3. The summed E-state index contributed by atoms with van der Waals surface area (Å²) in [6, 6.07) is 66.6. The third-order valence-electron chi connectivity index (χ3n) is 13.3. The maximum atomic E-state index is 6.51. The summed E-state index contributed by atoms with van der Waals surface area (Å²) in [6.45, 7) is 4.75. The summed E-state index contributed by atoms with van der Waals surface area (Å²) in [7, 11) is 0. The van der Waals surface area contributed by atoms with E-state index in [1.54, 1.807) is 0 Å². The van der Waals surface area contributed by atoms with Crippen molar-refractivity contribution in [3.8, 4) is 44.5 Å². The Morgan fingerprint density at radius 2 is 0.966 bits per heavy atom. The predicted octanol–water partition coefficient (Wildman–Crippen LogP) is 16.3. The van der Waals surface area contributed by atoms with Crippen molar-refractivity contribution in [2.45, 2.75) is 19.3 Å². The Bertz CT molecular complexity index is 3700. The van der Waals surface area contributed by atoms with Crippen LogP contribution in [0.1, 0.15) is 25.0 Å². The number of para-hydroxylation sites is 1. The third-order valence-corrected chi connectivity index (χ3v) is 13.3. The Morgan fingerprint density at radius 3 is 1.76 bits per heavy atom. The van der Waals surface area contributed by atoms with E-state index >= 15 is 0 Å². The number of benzene rings is 10. The maximum Gasteiger partial charge on any atom is 0.147 e. The van der Waals surface area contributed by atoms with E-state index in [1.807, 2.05) is 12.1 Å². The molecule has 0 unspecified atom stereocenters. The Labute approximate surface area is 340 Å². The third kappa shape index (κ3) is 4.52. The highest BCUT2D eigenvalue weighted by Crippen LogP contribution is 2.53. The van der Waals surface area contributed by atoms with Gasteiger partial charge in [-0.05, 0) is 130 Å². The molecule has 0 radical (unpaired) electrons. The fraction of sp³-hybridized carbons (Fsp3) is 0.0526. The van der Waals surface area contributed by atoms with Gasteiger partial charge in [0.15, 0.2) is 0 Å². The van der Waals surface area contributed by atoms with Crippen molar-refractivity contribution >= 4 is 76.2 Å². The number of rotatable bonds is 3. The number of furan rings is 2. The molecule has 0 bridgehead atoms. The molecular formula is C57H36O2. The molecule has 2 heteroatoms. The van der Waals surface area contributed by atoms with Crippen LogP contribution in [0.15, 0.2) is 191 Å². The largest absolute Gasteiger partial charge is 0.456 e. The van der Waals surface area contributed by atoms with Crippen molar-refractivity contribution in [1.82, 2.24) is 0 Å². The molecule has 1 aliphatic rings. The van der Waals surface area contributed by atoms with Gasteiger partial charge in [-0.1, -0.05) is 153 Å². The molecule has 10 aromatic carbocycles. The molecule has 0 atom stereocenters. The van der Waals surface area contributed by atoms with Crippen LogP contribution in [0.3, 0.4) is 0 Å². The van der Waals surface area contributed by atoms with Gasteiger partial charge in [-0.3, -0.25) is 0 Å². The fourth-order valence-corrected chi connectivity index (χ4v) is 10.5. The van der Waals surface area contributed by atoms with Gasteiger partial charge in [0.25, 0.3) is 0 Å². The summed E-state index contributed by atoms with van der Waals surface area (Å²) in [6.07, 6.45) is 0. The van der Waals surface area contributed by atoms with Crippen LogP contribution in [-0.4, -0.2) is 0 Å². The van der Waals surface area contributed by atoms with Crippen molar-refractivity contribution in [2.75, 3.05) is 0 Å². The quantitative estimate of drug-likeness (QED) is 0.168. The summed E-state index contributed by atoms with van der Waals surface area (Å²) in [4.78, 5) is 0. The lowest BCUT2D eigenvalue weighted by molar-refractivity contribution is 0.660. The van der Waals surface area contributed by atoms with Crippen LogP contribution in [-0.2, 0) is 5.41 Å². The van der Waals surface area contributed by atoms with Gasteiger partial charge in [-0.25, -0.2) is 0 Å². The molecule has 1 aliphatic carbocycles. The topological polar surface area (TPSA) is 26.3 Å². The van der Waals surface area contributed by atoms with Crippen LogP contribution >= 0.6 is 0 Å². The molecule has 13 rings (SSSR count). The normalized spacial score (nSPS) is 13.4. The molecular weight excluding hydrogens is 717 g/mol. The minimum absolute atomic E-state index is 0.172. The average Bonchev–Trinajstić information content (AvgIpc) is 3.92. The summed E-state index contributed by atoms with van der Waals surface area (Å²) >= 11 is 0. The zero-order chi connectivity index (χ0) is 39.0. The first-order chi connectivity index (χ1) is 29.0. The molecule has 12 aromatic rings. The number of fused-ring (bicyclic) bond motifs is 13. The molecule has 2 heterocycles. The Balaban J connectivity index is 0.953. The van der Waals surface area contributed by atoms with Crippen LogP contribution in [0.5, 0.6) is 0 Å². The van der Waals surface area contributed by atoms with Crippen molar-refractivity contribution < 1.29 is 8.83 Å². The summed E-state index contributed by atoms with van der Waals surface area (Å²) < 4.78 is 12.9. The average molecular weight is 753 g/mol. The SMILES string of the molecule is CC1(C)c2ccc(-c3ccc4c(c3)oc3ccc5c6ccccc6oc5c34)cc2-c2ccc(-c3c4ccccc4c(-c4cccc5ccccc45)c4ccccc34)cc21. The minimum Gasteiger partial charge on any atom is -0.456 e. The van der Waals surface area contributed by atoms with Crippen molar-refractivity contribution in [3.05, 3.63) is 193 Å². The van der Waals surface area contributed by atoms with Crippen LogP contribution in [0.25, 0.3) is 121 Å². The van der Waals surface area contributed by atoms with E-state index in [-0.39, 0.29) is 5.41 Å². The molecule has 0 aliphatic heterocycles. The molecule has 59 heavy (non-hydrogen) atoms. The van der Waals surface area contributed by atoms with Gasteiger partial charge in [0.05, 0.1) is 5.39 Å². The van der Waals surface area contributed by atoms with Crippen LogP contribution in [0, 0.1) is 0 Å². The number of hydrogen-bond acceptors (Lipinski definition) is 2. The lowest BCUT2D eigenvalue weighted by Crippen LogP contribution is -2.15. The monoisotopic (exact) mass is 752 g/mol. The zero-order valence-electron chi connectivity index (χ0n) is 32.6. The summed E-state index contributed by atoms with van der Waals surface area (Å²) in [5.74, 6) is 0. The highest BCUT2D eigenvalue weighted by Gasteiger charge is 2.36. The first kappa shape index (κ1) is 32.6. The molecule has 276 valence electrons. The van der Waals surface area contributed by atoms with Gasteiger partial charge in [0.1, 0.15) is 22.3 Å². The molecule has 0 saturated heterocycles. The highest BCUT2D eigenvalue weighted by molar-refractivity contribution is 6.24. The Kier molecular flexibility index (Phi) is 6.54. The van der Waals surface area contributed by atoms with Crippen LogP contribution in [0.4, 0.5) is 0 Å². The van der Waals surface area contributed by atoms with Crippen molar-refractivity contribution in [3.63, 3.8) is 0 Å². The molecule has 0 saturated carbocycles. The Hall–Kier alpha value is -7.42. The van der Waals surface area contributed by atoms with Crippen LogP contribution in [0.2, 0.25) is 0 Å². The molecule has 2 aromatic heterocycles.